The summed E-state index contributed by atoms with van der Waals surface area (Å²) in [4.78, 5) is 36.0. The minimum atomic E-state index is -0.670. The van der Waals surface area contributed by atoms with Crippen LogP contribution in [-0.2, 0) is 11.8 Å². The molecule has 2 amide bonds. The Labute approximate surface area is 136 Å². The predicted molar refractivity (Wildman–Crippen MR) is 84.7 cm³/mol. The van der Waals surface area contributed by atoms with Crippen molar-refractivity contribution in [2.45, 2.75) is 13.8 Å². The molecular formula is C14H16N4O4S. The van der Waals surface area contributed by atoms with E-state index in [1.807, 2.05) is 0 Å². The first-order chi connectivity index (χ1) is 10.8. The molecule has 0 aromatic carbocycles. The van der Waals surface area contributed by atoms with Gasteiger partial charge in [-0.2, -0.15) is 5.10 Å². The number of primary amides is 1. The average Bonchev–Trinajstić information content (AvgIpc) is 3.03. The monoisotopic (exact) mass is 336 g/mol. The molecule has 0 saturated carbocycles. The molecule has 2 aromatic rings. The van der Waals surface area contributed by atoms with Gasteiger partial charge in [-0.15, -0.1) is 11.3 Å². The number of hydrogen-bond acceptors (Lipinski definition) is 6. The summed E-state index contributed by atoms with van der Waals surface area (Å²) in [5.74, 6) is -1.78. The van der Waals surface area contributed by atoms with E-state index in [0.717, 1.165) is 11.3 Å². The summed E-state index contributed by atoms with van der Waals surface area (Å²) in [6, 6.07) is 1.54. The smallest absolute Gasteiger partial charge is 0.341 e. The van der Waals surface area contributed by atoms with Crippen LogP contribution in [0.1, 0.15) is 43.0 Å². The van der Waals surface area contributed by atoms with Crippen molar-refractivity contribution in [2.75, 3.05) is 11.9 Å². The van der Waals surface area contributed by atoms with Gasteiger partial charge in [0.15, 0.2) is 5.69 Å². The summed E-state index contributed by atoms with van der Waals surface area (Å²) in [5, 5.41) is 6.79. The number of carbonyl (C=O) groups is 3. The normalized spacial score (nSPS) is 10.4. The highest BCUT2D eigenvalue weighted by Gasteiger charge is 2.26. The largest absolute Gasteiger partial charge is 0.462 e. The van der Waals surface area contributed by atoms with Gasteiger partial charge in [-0.25, -0.2) is 4.79 Å². The van der Waals surface area contributed by atoms with Crippen molar-refractivity contribution in [3.05, 3.63) is 34.0 Å². The fraction of sp³-hybridized carbons (Fsp3) is 0.286. The number of nitrogens with one attached hydrogen (secondary N) is 1. The van der Waals surface area contributed by atoms with Gasteiger partial charge in [0.2, 0.25) is 0 Å². The SMILES string of the molecule is CCOC(=O)c1c(NC(=O)c2ccn(C)n2)sc(C(N)=O)c1C. The molecule has 23 heavy (non-hydrogen) atoms. The van der Waals surface area contributed by atoms with Crippen LogP contribution in [0.5, 0.6) is 0 Å². The molecule has 0 aliphatic carbocycles. The van der Waals surface area contributed by atoms with Crippen molar-refractivity contribution in [1.82, 2.24) is 9.78 Å². The van der Waals surface area contributed by atoms with Crippen molar-refractivity contribution >= 4 is 34.1 Å². The van der Waals surface area contributed by atoms with E-state index in [0.29, 0.717) is 5.56 Å². The van der Waals surface area contributed by atoms with Crippen molar-refractivity contribution in [3.8, 4) is 0 Å². The lowest BCUT2D eigenvalue weighted by Gasteiger charge is -2.06. The van der Waals surface area contributed by atoms with Crippen molar-refractivity contribution in [2.24, 2.45) is 12.8 Å². The first kappa shape index (κ1) is 16.7. The van der Waals surface area contributed by atoms with Gasteiger partial charge in [0.25, 0.3) is 11.8 Å². The molecule has 3 N–H and O–H groups in total. The molecule has 9 heteroatoms. The summed E-state index contributed by atoms with van der Waals surface area (Å²) >= 11 is 0.936. The number of rotatable bonds is 5. The zero-order chi connectivity index (χ0) is 17.1. The molecule has 0 bridgehead atoms. The number of hydrogen-bond donors (Lipinski definition) is 2. The van der Waals surface area contributed by atoms with Gasteiger partial charge < -0.3 is 15.8 Å². The van der Waals surface area contributed by atoms with Gasteiger partial charge >= 0.3 is 5.97 Å². The van der Waals surface area contributed by atoms with Crippen molar-refractivity contribution in [1.29, 1.82) is 0 Å². The average molecular weight is 336 g/mol. The van der Waals surface area contributed by atoms with E-state index >= 15 is 0 Å². The summed E-state index contributed by atoms with van der Waals surface area (Å²) in [5.41, 5.74) is 6.02. The number of esters is 1. The highest BCUT2D eigenvalue weighted by molar-refractivity contribution is 7.18. The molecule has 122 valence electrons. The van der Waals surface area contributed by atoms with Gasteiger partial charge in [-0.3, -0.25) is 14.3 Å². The van der Waals surface area contributed by atoms with E-state index in [9.17, 15) is 14.4 Å². The fourth-order valence-corrected chi connectivity index (χ4v) is 3.03. The minimum absolute atomic E-state index is 0.134. The maximum Gasteiger partial charge on any atom is 0.341 e. The van der Waals surface area contributed by atoms with Gasteiger partial charge in [0, 0.05) is 13.2 Å². The van der Waals surface area contributed by atoms with Crippen LogP contribution in [0.2, 0.25) is 0 Å². The topological polar surface area (TPSA) is 116 Å². The molecule has 0 aliphatic heterocycles. The Hall–Kier alpha value is -2.68. The molecular weight excluding hydrogens is 320 g/mol. The zero-order valence-corrected chi connectivity index (χ0v) is 13.7. The Morgan fingerprint density at radius 2 is 2.13 bits per heavy atom. The second-order valence-electron chi connectivity index (χ2n) is 4.67. The number of amides is 2. The zero-order valence-electron chi connectivity index (χ0n) is 12.9. The predicted octanol–water partition coefficient (Wildman–Crippen LogP) is 1.32. The second-order valence-corrected chi connectivity index (χ2v) is 5.69. The lowest BCUT2D eigenvalue weighted by molar-refractivity contribution is 0.0527. The van der Waals surface area contributed by atoms with E-state index in [1.165, 1.54) is 10.7 Å². The van der Waals surface area contributed by atoms with E-state index < -0.39 is 17.8 Å². The molecule has 2 rings (SSSR count). The third-order valence-corrected chi connectivity index (χ3v) is 4.25. The number of thiophene rings is 1. The lowest BCUT2D eigenvalue weighted by atomic mass is 10.1. The van der Waals surface area contributed by atoms with Crippen LogP contribution < -0.4 is 11.1 Å². The molecule has 8 nitrogen and oxygen atoms in total. The Balaban J connectivity index is 2.40. The number of aromatic nitrogens is 2. The highest BCUT2D eigenvalue weighted by atomic mass is 32.1. The molecule has 0 unspecified atom stereocenters. The summed E-state index contributed by atoms with van der Waals surface area (Å²) in [6.07, 6.45) is 1.62. The number of aryl methyl sites for hydroxylation is 1. The van der Waals surface area contributed by atoms with Crippen molar-refractivity contribution in [3.63, 3.8) is 0 Å². The maximum atomic E-state index is 12.2. The van der Waals surface area contributed by atoms with Gasteiger partial charge in [-0.05, 0) is 25.5 Å². The van der Waals surface area contributed by atoms with Crippen LogP contribution in [0.15, 0.2) is 12.3 Å². The highest BCUT2D eigenvalue weighted by Crippen LogP contribution is 2.33. The molecule has 0 fully saturated rings. The standard InChI is InChI=1S/C14H16N4O4S/c1-4-22-14(21)9-7(2)10(11(15)19)23-13(9)16-12(20)8-5-6-18(3)17-8/h5-6H,4H2,1-3H3,(H2,15,19)(H,16,20). The summed E-state index contributed by atoms with van der Waals surface area (Å²) < 4.78 is 6.46. The van der Waals surface area contributed by atoms with Gasteiger partial charge in [0.1, 0.15) is 5.00 Å². The maximum absolute atomic E-state index is 12.2. The van der Waals surface area contributed by atoms with Crippen molar-refractivity contribution < 1.29 is 19.1 Å². The third-order valence-electron chi connectivity index (χ3n) is 3.02. The second kappa shape index (κ2) is 6.61. The number of ether oxygens (including phenoxy) is 1. The number of nitrogens with two attached hydrogens (primary N) is 1. The summed E-state index contributed by atoms with van der Waals surface area (Å²) in [7, 11) is 1.68. The Bertz CT molecular complexity index is 778. The first-order valence-corrected chi connectivity index (χ1v) is 7.58. The lowest BCUT2D eigenvalue weighted by Crippen LogP contribution is -2.15. The van der Waals surface area contributed by atoms with Crippen LogP contribution in [0, 0.1) is 6.92 Å². The number of nitrogens with zero attached hydrogens (tertiary/aromatic N) is 2. The molecule has 0 spiro atoms. The molecule has 0 saturated heterocycles. The van der Waals surface area contributed by atoms with Crippen LogP contribution in [0.4, 0.5) is 5.00 Å². The third kappa shape index (κ3) is 3.39. The number of anilines is 1. The first-order valence-electron chi connectivity index (χ1n) is 6.76. The van der Waals surface area contributed by atoms with E-state index in [4.69, 9.17) is 10.5 Å². The van der Waals surface area contributed by atoms with E-state index in [1.54, 1.807) is 27.1 Å². The summed E-state index contributed by atoms with van der Waals surface area (Å²) in [6.45, 7) is 3.42. The van der Waals surface area contributed by atoms with Crippen LogP contribution in [0.3, 0.4) is 0 Å². The minimum Gasteiger partial charge on any atom is -0.462 e. The quantitative estimate of drug-likeness (QED) is 0.799. The molecule has 2 heterocycles. The van der Waals surface area contributed by atoms with Crippen LogP contribution in [-0.4, -0.2) is 34.2 Å². The Kier molecular flexibility index (Phi) is 4.80. The fourth-order valence-electron chi connectivity index (χ4n) is 1.99. The molecule has 2 aromatic heterocycles. The van der Waals surface area contributed by atoms with Crippen LogP contribution in [0.25, 0.3) is 0 Å². The van der Waals surface area contributed by atoms with E-state index in [-0.39, 0.29) is 27.7 Å². The number of carbonyl (C=O) groups excluding carboxylic acids is 3. The Morgan fingerprint density at radius 3 is 2.65 bits per heavy atom. The molecule has 0 atom stereocenters. The Morgan fingerprint density at radius 1 is 1.43 bits per heavy atom. The molecule has 0 aliphatic rings. The van der Waals surface area contributed by atoms with E-state index in [2.05, 4.69) is 10.4 Å². The molecule has 0 radical (unpaired) electrons. The van der Waals surface area contributed by atoms with Crippen LogP contribution >= 0.6 is 11.3 Å². The van der Waals surface area contributed by atoms with Gasteiger partial charge in [0.05, 0.1) is 17.0 Å². The van der Waals surface area contributed by atoms with Gasteiger partial charge in [-0.1, -0.05) is 0 Å².